The Labute approximate surface area is 107 Å². The van der Waals surface area contributed by atoms with Crippen molar-refractivity contribution in [1.82, 2.24) is 0 Å². The van der Waals surface area contributed by atoms with Crippen LogP contribution in [-0.2, 0) is 9.53 Å². The average molecular weight is 250 g/mol. The predicted molar refractivity (Wildman–Crippen MR) is 70.1 cm³/mol. The summed E-state index contributed by atoms with van der Waals surface area (Å²) in [7, 11) is 1.32. The first-order valence-corrected chi connectivity index (χ1v) is 5.67. The van der Waals surface area contributed by atoms with Crippen molar-refractivity contribution in [3.8, 4) is 5.75 Å². The second-order valence-corrected chi connectivity index (χ2v) is 3.91. The van der Waals surface area contributed by atoms with Crippen molar-refractivity contribution in [2.24, 2.45) is 10.7 Å². The van der Waals surface area contributed by atoms with Crippen molar-refractivity contribution in [2.45, 2.75) is 13.0 Å². The fraction of sp³-hybridized carbons (Fsp3) is 0.385. The number of carbonyl (C=O) groups excluding carboxylic acids is 1. The number of carbonyl (C=O) groups is 1. The maximum Gasteiger partial charge on any atom is 0.343 e. The van der Waals surface area contributed by atoms with Crippen molar-refractivity contribution in [3.63, 3.8) is 0 Å². The molecule has 0 aromatic heterocycles. The van der Waals surface area contributed by atoms with E-state index in [1.807, 2.05) is 19.1 Å². The fourth-order valence-electron chi connectivity index (χ4n) is 1.18. The van der Waals surface area contributed by atoms with Gasteiger partial charge in [0.25, 0.3) is 0 Å². The summed E-state index contributed by atoms with van der Waals surface area (Å²) in [6.45, 7) is 2.41. The lowest BCUT2D eigenvalue weighted by Gasteiger charge is -2.04. The van der Waals surface area contributed by atoms with Gasteiger partial charge in [0.2, 0.25) is 0 Å². The van der Waals surface area contributed by atoms with E-state index in [4.69, 9.17) is 10.5 Å². The second kappa shape index (κ2) is 7.45. The molecule has 18 heavy (non-hydrogen) atoms. The molecule has 0 heterocycles. The SMILES string of the molecule is COC(=O)COc1ccc(C=NCC(C)N)cc1. The van der Waals surface area contributed by atoms with E-state index in [2.05, 4.69) is 9.73 Å². The van der Waals surface area contributed by atoms with Crippen molar-refractivity contribution in [3.05, 3.63) is 29.8 Å². The highest BCUT2D eigenvalue weighted by Crippen LogP contribution is 2.11. The summed E-state index contributed by atoms with van der Waals surface area (Å²) >= 11 is 0. The maximum absolute atomic E-state index is 10.9. The topological polar surface area (TPSA) is 73.9 Å². The molecular weight excluding hydrogens is 232 g/mol. The standard InChI is InChI=1S/C13H18N2O3/c1-10(14)7-15-8-11-3-5-12(6-4-11)18-9-13(16)17-2/h3-6,8,10H,7,9,14H2,1-2H3. The largest absolute Gasteiger partial charge is 0.482 e. The minimum Gasteiger partial charge on any atom is -0.482 e. The number of ether oxygens (including phenoxy) is 2. The Morgan fingerprint density at radius 3 is 2.67 bits per heavy atom. The lowest BCUT2D eigenvalue weighted by atomic mass is 10.2. The predicted octanol–water partition coefficient (Wildman–Crippen LogP) is 1.00. The summed E-state index contributed by atoms with van der Waals surface area (Å²) in [5.41, 5.74) is 6.54. The fourth-order valence-corrected chi connectivity index (χ4v) is 1.18. The van der Waals surface area contributed by atoms with E-state index in [0.29, 0.717) is 12.3 Å². The Morgan fingerprint density at radius 1 is 1.44 bits per heavy atom. The summed E-state index contributed by atoms with van der Waals surface area (Å²) in [6.07, 6.45) is 1.76. The van der Waals surface area contributed by atoms with E-state index < -0.39 is 5.97 Å². The molecule has 0 saturated heterocycles. The van der Waals surface area contributed by atoms with Crippen LogP contribution in [0.1, 0.15) is 12.5 Å². The minimum atomic E-state index is -0.405. The van der Waals surface area contributed by atoms with Crippen LogP contribution >= 0.6 is 0 Å². The molecule has 98 valence electrons. The average Bonchev–Trinajstić information content (AvgIpc) is 2.37. The smallest absolute Gasteiger partial charge is 0.343 e. The number of aliphatic imine (C=N–C) groups is 1. The van der Waals surface area contributed by atoms with Crippen LogP contribution in [0.5, 0.6) is 5.75 Å². The van der Waals surface area contributed by atoms with Gasteiger partial charge >= 0.3 is 5.97 Å². The summed E-state index contributed by atoms with van der Waals surface area (Å²) < 4.78 is 9.69. The van der Waals surface area contributed by atoms with E-state index in [1.54, 1.807) is 18.3 Å². The van der Waals surface area contributed by atoms with Crippen LogP contribution in [0.25, 0.3) is 0 Å². The summed E-state index contributed by atoms with van der Waals surface area (Å²) in [5.74, 6) is 0.210. The Kier molecular flexibility index (Phi) is 5.87. The first-order valence-electron chi connectivity index (χ1n) is 5.67. The zero-order chi connectivity index (χ0) is 13.4. The van der Waals surface area contributed by atoms with E-state index in [-0.39, 0.29) is 12.6 Å². The molecule has 0 radical (unpaired) electrons. The number of methoxy groups -OCH3 is 1. The van der Waals surface area contributed by atoms with Gasteiger partial charge in [-0.15, -0.1) is 0 Å². The molecule has 0 bridgehead atoms. The second-order valence-electron chi connectivity index (χ2n) is 3.91. The van der Waals surface area contributed by atoms with Crippen LogP contribution in [-0.4, -0.2) is 38.5 Å². The summed E-state index contributed by atoms with van der Waals surface area (Å²) in [5, 5.41) is 0. The number of nitrogens with zero attached hydrogens (tertiary/aromatic N) is 1. The van der Waals surface area contributed by atoms with E-state index in [0.717, 1.165) is 5.56 Å². The minimum absolute atomic E-state index is 0.0592. The van der Waals surface area contributed by atoms with Gasteiger partial charge in [-0.3, -0.25) is 4.99 Å². The Morgan fingerprint density at radius 2 is 2.11 bits per heavy atom. The van der Waals surface area contributed by atoms with Gasteiger partial charge in [-0.2, -0.15) is 0 Å². The molecule has 1 atom stereocenters. The molecule has 1 aromatic rings. The van der Waals surface area contributed by atoms with Crippen molar-refractivity contribution in [2.75, 3.05) is 20.3 Å². The quantitative estimate of drug-likeness (QED) is 0.604. The number of nitrogens with two attached hydrogens (primary N) is 1. The molecule has 2 N–H and O–H groups in total. The van der Waals surface area contributed by atoms with E-state index in [9.17, 15) is 4.79 Å². The van der Waals surface area contributed by atoms with Crippen LogP contribution in [0, 0.1) is 0 Å². The van der Waals surface area contributed by atoms with Crippen molar-refractivity contribution >= 4 is 12.2 Å². The van der Waals surface area contributed by atoms with Gasteiger partial charge < -0.3 is 15.2 Å². The molecule has 1 rings (SSSR count). The van der Waals surface area contributed by atoms with E-state index in [1.165, 1.54) is 7.11 Å². The highest BCUT2D eigenvalue weighted by atomic mass is 16.6. The highest BCUT2D eigenvalue weighted by Gasteiger charge is 2.01. The van der Waals surface area contributed by atoms with Crippen LogP contribution in [0.2, 0.25) is 0 Å². The number of hydrogen-bond donors (Lipinski definition) is 1. The molecular formula is C13H18N2O3. The van der Waals surface area contributed by atoms with Crippen molar-refractivity contribution < 1.29 is 14.3 Å². The van der Waals surface area contributed by atoms with Gasteiger partial charge in [-0.05, 0) is 36.8 Å². The van der Waals surface area contributed by atoms with Gasteiger partial charge in [-0.1, -0.05) is 0 Å². The molecule has 0 amide bonds. The highest BCUT2D eigenvalue weighted by molar-refractivity contribution is 5.79. The van der Waals surface area contributed by atoms with Crippen LogP contribution < -0.4 is 10.5 Å². The van der Waals surface area contributed by atoms with Crippen LogP contribution in [0.4, 0.5) is 0 Å². The van der Waals surface area contributed by atoms with Crippen LogP contribution in [0.3, 0.4) is 0 Å². The van der Waals surface area contributed by atoms with Gasteiger partial charge in [0.05, 0.1) is 13.7 Å². The zero-order valence-corrected chi connectivity index (χ0v) is 10.6. The Balaban J connectivity index is 2.47. The van der Waals surface area contributed by atoms with Gasteiger partial charge in [-0.25, -0.2) is 4.79 Å². The molecule has 0 fully saturated rings. The van der Waals surface area contributed by atoms with Crippen LogP contribution in [0.15, 0.2) is 29.3 Å². The van der Waals surface area contributed by atoms with Crippen molar-refractivity contribution in [1.29, 1.82) is 0 Å². The molecule has 0 aliphatic heterocycles. The lowest BCUT2D eigenvalue weighted by molar-refractivity contribution is -0.142. The monoisotopic (exact) mass is 250 g/mol. The summed E-state index contributed by atoms with van der Waals surface area (Å²) in [4.78, 5) is 15.1. The summed E-state index contributed by atoms with van der Waals surface area (Å²) in [6, 6.07) is 7.32. The Hall–Kier alpha value is -1.88. The zero-order valence-electron chi connectivity index (χ0n) is 10.6. The third-order valence-electron chi connectivity index (χ3n) is 2.10. The lowest BCUT2D eigenvalue weighted by Crippen LogP contribution is -2.18. The molecule has 1 aromatic carbocycles. The molecule has 5 nitrogen and oxygen atoms in total. The number of esters is 1. The molecule has 1 unspecified atom stereocenters. The van der Waals surface area contributed by atoms with Gasteiger partial charge in [0.15, 0.2) is 6.61 Å². The third-order valence-corrected chi connectivity index (χ3v) is 2.10. The normalized spacial score (nSPS) is 12.4. The Bertz CT molecular complexity index is 399. The number of rotatable bonds is 6. The molecule has 0 aliphatic carbocycles. The first kappa shape index (κ1) is 14.2. The molecule has 0 aliphatic rings. The van der Waals surface area contributed by atoms with Gasteiger partial charge in [0, 0.05) is 12.3 Å². The molecule has 0 spiro atoms. The number of benzene rings is 1. The first-order chi connectivity index (χ1) is 8.61. The molecule has 5 heteroatoms. The van der Waals surface area contributed by atoms with E-state index >= 15 is 0 Å². The number of hydrogen-bond acceptors (Lipinski definition) is 5. The molecule has 0 saturated carbocycles. The van der Waals surface area contributed by atoms with Gasteiger partial charge in [0.1, 0.15) is 5.75 Å². The maximum atomic E-state index is 10.9. The third kappa shape index (κ3) is 5.45.